The monoisotopic (exact) mass is 325 g/mol. The van der Waals surface area contributed by atoms with E-state index in [1.807, 2.05) is 18.2 Å². The summed E-state index contributed by atoms with van der Waals surface area (Å²) < 4.78 is 0.930. The molecule has 0 spiro atoms. The summed E-state index contributed by atoms with van der Waals surface area (Å²) in [5.41, 5.74) is 7.51. The molecule has 94 valence electrons. The molecule has 0 radical (unpaired) electrons. The van der Waals surface area contributed by atoms with Crippen LogP contribution in [0.3, 0.4) is 0 Å². The summed E-state index contributed by atoms with van der Waals surface area (Å²) in [6.07, 6.45) is 0. The van der Waals surface area contributed by atoms with Crippen LogP contribution in [0.1, 0.15) is 25.5 Å². The van der Waals surface area contributed by atoms with E-state index in [0.29, 0.717) is 22.6 Å². The van der Waals surface area contributed by atoms with E-state index in [1.165, 1.54) is 0 Å². The molecule has 3 nitrogen and oxygen atoms in total. The van der Waals surface area contributed by atoms with Gasteiger partial charge in [-0.2, -0.15) is 0 Å². The van der Waals surface area contributed by atoms with Gasteiger partial charge in [-0.15, -0.1) is 0 Å². The number of rotatable bonds is 2. The Labute approximate surface area is 120 Å². The Bertz CT molecular complexity index is 584. The van der Waals surface area contributed by atoms with Gasteiger partial charge in [0.15, 0.2) is 5.82 Å². The molecule has 2 aromatic rings. The summed E-state index contributed by atoms with van der Waals surface area (Å²) >= 11 is 9.59. The lowest BCUT2D eigenvalue weighted by Crippen LogP contribution is -2.02. The van der Waals surface area contributed by atoms with E-state index in [-0.39, 0.29) is 0 Å². The maximum absolute atomic E-state index is 6.17. The number of nitrogen functional groups attached to an aromatic ring is 1. The second-order valence-corrected chi connectivity index (χ2v) is 5.64. The third-order valence-corrected chi connectivity index (χ3v) is 3.35. The average molecular weight is 327 g/mol. The zero-order valence-corrected chi connectivity index (χ0v) is 12.5. The molecular weight excluding hydrogens is 314 g/mol. The Morgan fingerprint density at radius 1 is 1.22 bits per heavy atom. The van der Waals surface area contributed by atoms with Crippen LogP contribution in [-0.2, 0) is 0 Å². The molecule has 0 saturated carbocycles. The number of hydrogen-bond donors (Lipinski definition) is 1. The van der Waals surface area contributed by atoms with Gasteiger partial charge in [-0.25, -0.2) is 9.97 Å². The Hall–Kier alpha value is -1.13. The summed E-state index contributed by atoms with van der Waals surface area (Å²) in [7, 11) is 0. The molecule has 1 aromatic carbocycles. The second-order valence-electron chi connectivity index (χ2n) is 4.32. The predicted molar refractivity (Wildman–Crippen MR) is 78.7 cm³/mol. The number of halogens is 2. The fraction of sp³-hybridized carbons (Fsp3) is 0.231. The zero-order valence-electron chi connectivity index (χ0n) is 10.1. The van der Waals surface area contributed by atoms with E-state index < -0.39 is 0 Å². The maximum atomic E-state index is 6.17. The van der Waals surface area contributed by atoms with Crippen molar-refractivity contribution in [3.8, 4) is 11.4 Å². The molecule has 5 heteroatoms. The lowest BCUT2D eigenvalue weighted by atomic mass is 10.1. The normalized spacial score (nSPS) is 10.9. The first-order valence-corrected chi connectivity index (χ1v) is 6.74. The van der Waals surface area contributed by atoms with E-state index in [1.54, 1.807) is 6.07 Å². The Kier molecular flexibility index (Phi) is 3.88. The van der Waals surface area contributed by atoms with Crippen LogP contribution >= 0.6 is 27.5 Å². The molecule has 0 aliphatic carbocycles. The van der Waals surface area contributed by atoms with Crippen molar-refractivity contribution >= 4 is 33.3 Å². The maximum Gasteiger partial charge on any atom is 0.163 e. The summed E-state index contributed by atoms with van der Waals surface area (Å²) in [5, 5.41) is 0.610. The minimum Gasteiger partial charge on any atom is -0.384 e. The van der Waals surface area contributed by atoms with Gasteiger partial charge in [0.25, 0.3) is 0 Å². The first-order chi connectivity index (χ1) is 8.47. The van der Waals surface area contributed by atoms with Crippen molar-refractivity contribution in [1.82, 2.24) is 9.97 Å². The van der Waals surface area contributed by atoms with Crippen molar-refractivity contribution in [3.05, 3.63) is 39.5 Å². The number of nitrogens with zero attached hydrogens (tertiary/aromatic N) is 2. The SMILES string of the molecule is CC(C)c1cc(N)nc(-c2cc(Br)ccc2Cl)n1. The van der Waals surface area contributed by atoms with Gasteiger partial charge in [0, 0.05) is 21.8 Å². The summed E-state index contributed by atoms with van der Waals surface area (Å²) in [5.74, 6) is 1.31. The number of anilines is 1. The van der Waals surface area contributed by atoms with E-state index in [4.69, 9.17) is 17.3 Å². The quantitative estimate of drug-likeness (QED) is 0.897. The van der Waals surface area contributed by atoms with Gasteiger partial charge in [0.2, 0.25) is 0 Å². The highest BCUT2D eigenvalue weighted by Gasteiger charge is 2.11. The number of benzene rings is 1. The molecule has 0 amide bonds. The predicted octanol–water partition coefficient (Wildman–Crippen LogP) is 4.27. The smallest absolute Gasteiger partial charge is 0.163 e. The largest absolute Gasteiger partial charge is 0.384 e. The molecule has 1 heterocycles. The standard InChI is InChI=1S/C13H13BrClN3/c1-7(2)11-6-12(16)18-13(17-11)9-5-8(14)3-4-10(9)15/h3-7H,1-2H3,(H2,16,17,18). The van der Waals surface area contributed by atoms with E-state index in [0.717, 1.165) is 15.7 Å². The minimum atomic E-state index is 0.292. The van der Waals surface area contributed by atoms with Gasteiger partial charge in [-0.1, -0.05) is 41.4 Å². The third kappa shape index (κ3) is 2.82. The fourth-order valence-corrected chi connectivity index (χ4v) is 2.13. The van der Waals surface area contributed by atoms with Gasteiger partial charge < -0.3 is 5.73 Å². The molecule has 0 bridgehead atoms. The van der Waals surface area contributed by atoms with E-state index in [2.05, 4.69) is 39.7 Å². The van der Waals surface area contributed by atoms with Crippen LogP contribution in [0.4, 0.5) is 5.82 Å². The van der Waals surface area contributed by atoms with Crippen LogP contribution in [0.25, 0.3) is 11.4 Å². The Morgan fingerprint density at radius 2 is 1.94 bits per heavy atom. The van der Waals surface area contributed by atoms with Crippen molar-refractivity contribution in [2.75, 3.05) is 5.73 Å². The molecule has 18 heavy (non-hydrogen) atoms. The number of hydrogen-bond acceptors (Lipinski definition) is 3. The fourth-order valence-electron chi connectivity index (χ4n) is 1.57. The molecule has 0 atom stereocenters. The van der Waals surface area contributed by atoms with Crippen molar-refractivity contribution in [2.24, 2.45) is 0 Å². The number of nitrogens with two attached hydrogens (primary N) is 1. The van der Waals surface area contributed by atoms with Crippen molar-refractivity contribution < 1.29 is 0 Å². The lowest BCUT2D eigenvalue weighted by molar-refractivity contribution is 0.818. The molecule has 0 aliphatic heterocycles. The highest BCUT2D eigenvalue weighted by Crippen LogP contribution is 2.29. The Balaban J connectivity index is 2.60. The van der Waals surface area contributed by atoms with Gasteiger partial charge in [-0.05, 0) is 24.1 Å². The highest BCUT2D eigenvalue weighted by atomic mass is 79.9. The second kappa shape index (κ2) is 5.24. The van der Waals surface area contributed by atoms with Gasteiger partial charge in [0.1, 0.15) is 5.82 Å². The van der Waals surface area contributed by atoms with Crippen LogP contribution in [0.2, 0.25) is 5.02 Å². The summed E-state index contributed by atoms with van der Waals surface area (Å²) in [6.45, 7) is 4.13. The van der Waals surface area contributed by atoms with Crippen LogP contribution in [0.5, 0.6) is 0 Å². The first kappa shape index (κ1) is 13.3. The highest BCUT2D eigenvalue weighted by molar-refractivity contribution is 9.10. The minimum absolute atomic E-state index is 0.292. The first-order valence-electron chi connectivity index (χ1n) is 5.57. The van der Waals surface area contributed by atoms with Crippen molar-refractivity contribution in [2.45, 2.75) is 19.8 Å². The van der Waals surface area contributed by atoms with Crippen LogP contribution < -0.4 is 5.73 Å². The lowest BCUT2D eigenvalue weighted by Gasteiger charge is -2.09. The van der Waals surface area contributed by atoms with Gasteiger partial charge in [0.05, 0.1) is 5.02 Å². The van der Waals surface area contributed by atoms with Crippen LogP contribution in [0.15, 0.2) is 28.7 Å². The van der Waals surface area contributed by atoms with Gasteiger partial charge >= 0.3 is 0 Å². The summed E-state index contributed by atoms with van der Waals surface area (Å²) in [4.78, 5) is 8.76. The molecule has 0 fully saturated rings. The Morgan fingerprint density at radius 3 is 2.61 bits per heavy atom. The van der Waals surface area contributed by atoms with E-state index >= 15 is 0 Å². The van der Waals surface area contributed by atoms with Gasteiger partial charge in [-0.3, -0.25) is 0 Å². The number of aromatic nitrogens is 2. The molecule has 2 rings (SSSR count). The van der Waals surface area contributed by atoms with E-state index in [9.17, 15) is 0 Å². The molecular formula is C13H13BrClN3. The molecule has 0 saturated heterocycles. The molecule has 0 unspecified atom stereocenters. The average Bonchev–Trinajstić information content (AvgIpc) is 2.31. The molecule has 0 aliphatic rings. The molecule has 2 N–H and O–H groups in total. The topological polar surface area (TPSA) is 51.8 Å². The molecule has 1 aromatic heterocycles. The van der Waals surface area contributed by atoms with Crippen LogP contribution in [0, 0.1) is 0 Å². The summed E-state index contributed by atoms with van der Waals surface area (Å²) in [6, 6.07) is 7.37. The zero-order chi connectivity index (χ0) is 13.3. The van der Waals surface area contributed by atoms with Crippen molar-refractivity contribution in [1.29, 1.82) is 0 Å². The third-order valence-electron chi connectivity index (χ3n) is 2.53. The van der Waals surface area contributed by atoms with Crippen molar-refractivity contribution in [3.63, 3.8) is 0 Å². The van der Waals surface area contributed by atoms with Crippen LogP contribution in [-0.4, -0.2) is 9.97 Å².